The number of benzene rings is 1. The van der Waals surface area contributed by atoms with Gasteiger partial charge in [0.15, 0.2) is 0 Å². The van der Waals surface area contributed by atoms with Crippen molar-refractivity contribution < 1.29 is 14.3 Å². The first kappa shape index (κ1) is 20.4. The van der Waals surface area contributed by atoms with Gasteiger partial charge in [0.2, 0.25) is 0 Å². The Kier molecular flexibility index (Phi) is 8.29. The maximum atomic E-state index is 12.4. The smallest absolute Gasteiger partial charge is 0.340 e. The predicted octanol–water partition coefficient (Wildman–Crippen LogP) is 0.704. The lowest BCUT2D eigenvalue weighted by Crippen LogP contribution is -2.45. The van der Waals surface area contributed by atoms with Crippen molar-refractivity contribution in [2.75, 3.05) is 51.2 Å². The van der Waals surface area contributed by atoms with E-state index < -0.39 is 11.9 Å². The Balaban J connectivity index is 1.92. The number of carbonyl (C=O) groups is 2. The second-order valence-corrected chi connectivity index (χ2v) is 5.94. The number of anilines is 1. The molecular formula is C19H25N5O3. The zero-order valence-corrected chi connectivity index (χ0v) is 15.5. The summed E-state index contributed by atoms with van der Waals surface area (Å²) in [5.41, 5.74) is 0.494. The zero-order chi connectivity index (χ0) is 19.5. The first-order chi connectivity index (χ1) is 13.2. The van der Waals surface area contributed by atoms with Crippen molar-refractivity contribution in [2.24, 2.45) is 0 Å². The van der Waals surface area contributed by atoms with Crippen LogP contribution in [0.4, 0.5) is 5.69 Å². The number of ether oxygens (including phenoxy) is 1. The van der Waals surface area contributed by atoms with Crippen LogP contribution in [0, 0.1) is 11.3 Å². The van der Waals surface area contributed by atoms with Crippen LogP contribution in [-0.2, 0) is 9.53 Å². The fourth-order valence-electron chi connectivity index (χ4n) is 2.65. The second-order valence-electron chi connectivity index (χ2n) is 5.94. The molecule has 1 saturated heterocycles. The number of piperazine rings is 1. The predicted molar refractivity (Wildman–Crippen MR) is 102 cm³/mol. The summed E-state index contributed by atoms with van der Waals surface area (Å²) >= 11 is 0. The molecule has 1 amide bonds. The second kappa shape index (κ2) is 11.0. The number of para-hydroxylation sites is 1. The molecule has 0 aliphatic carbocycles. The highest BCUT2D eigenvalue weighted by Crippen LogP contribution is 2.17. The molecule has 144 valence electrons. The monoisotopic (exact) mass is 371 g/mol. The first-order valence-electron chi connectivity index (χ1n) is 9.00. The maximum Gasteiger partial charge on any atom is 0.340 e. The van der Waals surface area contributed by atoms with Crippen LogP contribution in [0.5, 0.6) is 0 Å². The van der Waals surface area contributed by atoms with Gasteiger partial charge in [-0.15, -0.1) is 0 Å². The summed E-state index contributed by atoms with van der Waals surface area (Å²) in [6.07, 6.45) is 1.41. The van der Waals surface area contributed by atoms with Gasteiger partial charge in [-0.05, 0) is 19.1 Å². The van der Waals surface area contributed by atoms with E-state index in [2.05, 4.69) is 20.9 Å². The summed E-state index contributed by atoms with van der Waals surface area (Å²) in [5, 5.41) is 18.2. The largest absolute Gasteiger partial charge is 0.462 e. The Hall–Kier alpha value is -2.89. The van der Waals surface area contributed by atoms with E-state index in [1.54, 1.807) is 31.2 Å². The minimum absolute atomic E-state index is 0.0611. The molecule has 1 aromatic carbocycles. The van der Waals surface area contributed by atoms with E-state index >= 15 is 0 Å². The molecule has 2 rings (SSSR count). The molecule has 8 nitrogen and oxygen atoms in total. The Morgan fingerprint density at radius 3 is 2.78 bits per heavy atom. The van der Waals surface area contributed by atoms with Gasteiger partial charge in [0.25, 0.3) is 5.91 Å². The number of nitrogens with zero attached hydrogens (tertiary/aromatic N) is 2. The SMILES string of the molecule is CCOC(=O)c1ccccc1NC(=O)/C(C#N)=C\NCCN1CCNCC1. The molecule has 27 heavy (non-hydrogen) atoms. The van der Waals surface area contributed by atoms with Gasteiger partial charge in [-0.25, -0.2) is 4.79 Å². The number of rotatable bonds is 8. The normalized spacial score (nSPS) is 14.9. The minimum Gasteiger partial charge on any atom is -0.462 e. The van der Waals surface area contributed by atoms with E-state index in [4.69, 9.17) is 4.74 Å². The van der Waals surface area contributed by atoms with Crippen molar-refractivity contribution >= 4 is 17.6 Å². The molecule has 1 heterocycles. The van der Waals surface area contributed by atoms with Crippen molar-refractivity contribution in [2.45, 2.75) is 6.92 Å². The summed E-state index contributed by atoms with van der Waals surface area (Å²) in [7, 11) is 0. The molecule has 0 unspecified atom stereocenters. The van der Waals surface area contributed by atoms with E-state index in [9.17, 15) is 14.9 Å². The van der Waals surface area contributed by atoms with Gasteiger partial charge in [0.1, 0.15) is 11.6 Å². The van der Waals surface area contributed by atoms with Gasteiger partial charge >= 0.3 is 5.97 Å². The molecular weight excluding hydrogens is 346 g/mol. The number of carbonyl (C=O) groups excluding carboxylic acids is 2. The summed E-state index contributed by atoms with van der Waals surface area (Å²) < 4.78 is 4.98. The number of amides is 1. The molecule has 0 atom stereocenters. The molecule has 1 aromatic rings. The van der Waals surface area contributed by atoms with Crippen molar-refractivity contribution in [1.82, 2.24) is 15.5 Å². The van der Waals surface area contributed by atoms with Gasteiger partial charge in [-0.3, -0.25) is 9.69 Å². The summed E-state index contributed by atoms with van der Waals surface area (Å²) in [6, 6.07) is 8.42. The lowest BCUT2D eigenvalue weighted by molar-refractivity contribution is -0.112. The molecule has 0 saturated carbocycles. The fourth-order valence-corrected chi connectivity index (χ4v) is 2.65. The number of nitriles is 1. The Bertz CT molecular complexity index is 720. The summed E-state index contributed by atoms with van der Waals surface area (Å²) in [4.78, 5) is 26.6. The van der Waals surface area contributed by atoms with E-state index in [0.717, 1.165) is 32.7 Å². The van der Waals surface area contributed by atoms with Crippen LogP contribution in [0.2, 0.25) is 0 Å². The lowest BCUT2D eigenvalue weighted by Gasteiger charge is -2.26. The molecule has 0 spiro atoms. The fraction of sp³-hybridized carbons (Fsp3) is 0.421. The lowest BCUT2D eigenvalue weighted by atomic mass is 10.1. The standard InChI is InChI=1S/C19H25N5O3/c1-2-27-19(26)16-5-3-4-6-17(16)23-18(25)15(13-20)14-22-9-12-24-10-7-21-8-11-24/h3-6,14,21-22H,2,7-12H2,1H3,(H,23,25)/b15-14-. The van der Waals surface area contributed by atoms with Crippen molar-refractivity contribution in [3.8, 4) is 6.07 Å². The van der Waals surface area contributed by atoms with Crippen molar-refractivity contribution in [3.05, 3.63) is 41.6 Å². The number of hydrogen-bond acceptors (Lipinski definition) is 7. The molecule has 1 fully saturated rings. The molecule has 3 N–H and O–H groups in total. The van der Waals surface area contributed by atoms with Crippen molar-refractivity contribution in [3.63, 3.8) is 0 Å². The van der Waals surface area contributed by atoms with Crippen molar-refractivity contribution in [1.29, 1.82) is 5.26 Å². The van der Waals surface area contributed by atoms with Crippen LogP contribution in [-0.4, -0.2) is 62.7 Å². The highest BCUT2D eigenvalue weighted by molar-refractivity contribution is 6.09. The van der Waals surface area contributed by atoms with E-state index in [1.165, 1.54) is 6.20 Å². The van der Waals surface area contributed by atoms with Gasteiger partial charge < -0.3 is 20.7 Å². The average molecular weight is 371 g/mol. The van der Waals surface area contributed by atoms with Crippen LogP contribution in [0.25, 0.3) is 0 Å². The van der Waals surface area contributed by atoms with Crippen LogP contribution in [0.1, 0.15) is 17.3 Å². The molecule has 0 radical (unpaired) electrons. The Morgan fingerprint density at radius 2 is 2.07 bits per heavy atom. The molecule has 8 heteroatoms. The number of nitrogens with one attached hydrogen (secondary N) is 3. The third kappa shape index (κ3) is 6.40. The van der Waals surface area contributed by atoms with E-state index in [-0.39, 0.29) is 17.7 Å². The zero-order valence-electron chi connectivity index (χ0n) is 15.5. The third-order valence-electron chi connectivity index (χ3n) is 4.06. The topological polar surface area (TPSA) is 106 Å². The van der Waals surface area contributed by atoms with E-state index in [1.807, 2.05) is 6.07 Å². The number of esters is 1. The maximum absolute atomic E-state index is 12.4. The van der Waals surface area contributed by atoms with Gasteiger partial charge in [-0.2, -0.15) is 5.26 Å². The Labute approximate surface area is 159 Å². The first-order valence-corrected chi connectivity index (χ1v) is 9.00. The van der Waals surface area contributed by atoms with Crippen LogP contribution < -0.4 is 16.0 Å². The van der Waals surface area contributed by atoms with Gasteiger partial charge in [0, 0.05) is 45.5 Å². The van der Waals surface area contributed by atoms with Gasteiger partial charge in [0.05, 0.1) is 17.9 Å². The van der Waals surface area contributed by atoms with Crippen LogP contribution in [0.3, 0.4) is 0 Å². The molecule has 1 aliphatic rings. The highest BCUT2D eigenvalue weighted by atomic mass is 16.5. The average Bonchev–Trinajstić information content (AvgIpc) is 2.69. The minimum atomic E-state index is -0.580. The third-order valence-corrected chi connectivity index (χ3v) is 4.06. The highest BCUT2D eigenvalue weighted by Gasteiger charge is 2.16. The number of hydrogen-bond donors (Lipinski definition) is 3. The molecule has 1 aliphatic heterocycles. The van der Waals surface area contributed by atoms with E-state index in [0.29, 0.717) is 12.2 Å². The Morgan fingerprint density at radius 1 is 1.33 bits per heavy atom. The molecule has 0 aromatic heterocycles. The van der Waals surface area contributed by atoms with Crippen LogP contribution in [0.15, 0.2) is 36.0 Å². The van der Waals surface area contributed by atoms with Crippen LogP contribution >= 0.6 is 0 Å². The quantitative estimate of drug-likeness (QED) is 0.267. The molecule has 0 bridgehead atoms. The summed E-state index contributed by atoms with van der Waals surface area (Å²) in [5.74, 6) is -1.10. The van der Waals surface area contributed by atoms with Gasteiger partial charge in [-0.1, -0.05) is 12.1 Å². The summed E-state index contributed by atoms with van der Waals surface area (Å²) in [6.45, 7) is 7.34.